The van der Waals surface area contributed by atoms with Crippen LogP contribution in [0.3, 0.4) is 0 Å². The third kappa shape index (κ3) is 1.84. The van der Waals surface area contributed by atoms with Crippen LogP contribution in [0.2, 0.25) is 0 Å². The van der Waals surface area contributed by atoms with E-state index in [0.29, 0.717) is 11.6 Å². The molecule has 0 spiro atoms. The molecule has 0 fully saturated rings. The zero-order valence-electron chi connectivity index (χ0n) is 9.36. The lowest BCUT2D eigenvalue weighted by Gasteiger charge is -2.14. The van der Waals surface area contributed by atoms with Gasteiger partial charge in [-0.15, -0.1) is 0 Å². The molecular formula is C12H14N4. The Hall–Kier alpha value is -2.02. The topological polar surface area (TPSA) is 60.7 Å². The van der Waals surface area contributed by atoms with E-state index in [0.717, 1.165) is 11.3 Å². The molecule has 0 aromatic carbocycles. The quantitative estimate of drug-likeness (QED) is 0.787. The Balaban J connectivity index is 2.33. The highest BCUT2D eigenvalue weighted by molar-refractivity contribution is 5.35. The molecule has 1 aliphatic heterocycles. The number of pyridine rings is 1. The van der Waals surface area contributed by atoms with Gasteiger partial charge in [0.25, 0.3) is 0 Å². The summed E-state index contributed by atoms with van der Waals surface area (Å²) < 4.78 is 0. The first-order valence-electron chi connectivity index (χ1n) is 5.30. The van der Waals surface area contributed by atoms with Crippen molar-refractivity contribution in [3.63, 3.8) is 0 Å². The van der Waals surface area contributed by atoms with Gasteiger partial charge in [-0.25, -0.2) is 4.98 Å². The van der Waals surface area contributed by atoms with Crippen molar-refractivity contribution in [1.29, 1.82) is 5.26 Å². The van der Waals surface area contributed by atoms with Gasteiger partial charge in [-0.3, -0.25) is 0 Å². The van der Waals surface area contributed by atoms with E-state index < -0.39 is 0 Å². The van der Waals surface area contributed by atoms with Crippen molar-refractivity contribution in [1.82, 2.24) is 15.6 Å². The van der Waals surface area contributed by atoms with Crippen LogP contribution >= 0.6 is 0 Å². The van der Waals surface area contributed by atoms with Crippen molar-refractivity contribution >= 4 is 0 Å². The molecule has 0 saturated carbocycles. The number of aromatic nitrogens is 1. The highest BCUT2D eigenvalue weighted by atomic mass is 15.2. The maximum absolute atomic E-state index is 9.07. The molecule has 0 saturated heterocycles. The molecule has 4 nitrogen and oxygen atoms in total. The van der Waals surface area contributed by atoms with E-state index in [9.17, 15) is 0 Å². The molecule has 0 atom stereocenters. The molecule has 0 amide bonds. The molecule has 16 heavy (non-hydrogen) atoms. The molecule has 1 aromatic heterocycles. The van der Waals surface area contributed by atoms with Crippen LogP contribution in [-0.4, -0.2) is 4.98 Å². The fourth-order valence-corrected chi connectivity index (χ4v) is 1.71. The fourth-order valence-electron chi connectivity index (χ4n) is 1.71. The van der Waals surface area contributed by atoms with Crippen LogP contribution in [0.5, 0.6) is 0 Å². The van der Waals surface area contributed by atoms with Crippen molar-refractivity contribution < 1.29 is 0 Å². The van der Waals surface area contributed by atoms with Gasteiger partial charge < -0.3 is 10.6 Å². The third-order valence-electron chi connectivity index (χ3n) is 2.58. The summed E-state index contributed by atoms with van der Waals surface area (Å²) in [6, 6.07) is 6.09. The van der Waals surface area contributed by atoms with E-state index in [4.69, 9.17) is 5.26 Å². The second kappa shape index (κ2) is 4.23. The molecule has 0 radical (unpaired) electrons. The number of rotatable bonds is 2. The van der Waals surface area contributed by atoms with Crippen molar-refractivity contribution in [3.8, 4) is 6.07 Å². The van der Waals surface area contributed by atoms with E-state index in [-0.39, 0.29) is 6.17 Å². The summed E-state index contributed by atoms with van der Waals surface area (Å²) in [6.45, 7) is 4.12. The Bertz CT molecular complexity index is 449. The first kappa shape index (κ1) is 10.5. The summed E-state index contributed by atoms with van der Waals surface area (Å²) >= 11 is 0. The standard InChI is InChI=1S/C12H14N4/c1-8(2)9-3-4-10(16-11(9)7-13)12-14-5-6-15-12/h3-6,8,12,14-15H,1-2H3. The molecule has 1 aromatic rings. The van der Waals surface area contributed by atoms with Gasteiger partial charge in [0.2, 0.25) is 0 Å². The summed E-state index contributed by atoms with van der Waals surface area (Å²) in [5.74, 6) is 0.318. The number of nitrogens with one attached hydrogen (secondary N) is 2. The highest BCUT2D eigenvalue weighted by Crippen LogP contribution is 2.20. The third-order valence-corrected chi connectivity index (χ3v) is 2.58. The van der Waals surface area contributed by atoms with Crippen molar-refractivity contribution in [3.05, 3.63) is 41.5 Å². The number of hydrogen-bond acceptors (Lipinski definition) is 4. The van der Waals surface area contributed by atoms with E-state index in [1.807, 2.05) is 24.5 Å². The number of nitrogens with zero attached hydrogens (tertiary/aromatic N) is 2. The van der Waals surface area contributed by atoms with Gasteiger partial charge >= 0.3 is 0 Å². The molecule has 0 aliphatic carbocycles. The lowest BCUT2D eigenvalue weighted by Crippen LogP contribution is -2.22. The van der Waals surface area contributed by atoms with Crippen LogP contribution < -0.4 is 10.6 Å². The van der Waals surface area contributed by atoms with Gasteiger partial charge in [0.15, 0.2) is 0 Å². The minimum Gasteiger partial charge on any atom is -0.365 e. The van der Waals surface area contributed by atoms with E-state index in [1.165, 1.54) is 0 Å². The molecule has 4 heteroatoms. The van der Waals surface area contributed by atoms with Gasteiger partial charge in [-0.2, -0.15) is 5.26 Å². The van der Waals surface area contributed by atoms with Crippen LogP contribution in [0.25, 0.3) is 0 Å². The van der Waals surface area contributed by atoms with Crippen LogP contribution in [-0.2, 0) is 0 Å². The fraction of sp³-hybridized carbons (Fsp3) is 0.333. The molecular weight excluding hydrogens is 200 g/mol. The first-order chi connectivity index (χ1) is 7.72. The maximum atomic E-state index is 9.07. The summed E-state index contributed by atoms with van der Waals surface area (Å²) in [5.41, 5.74) is 2.35. The summed E-state index contributed by atoms with van der Waals surface area (Å²) in [7, 11) is 0. The summed E-state index contributed by atoms with van der Waals surface area (Å²) in [4.78, 5) is 4.37. The molecule has 82 valence electrons. The SMILES string of the molecule is CC(C)c1ccc(C2NC=CN2)nc1C#N. The molecule has 0 bridgehead atoms. The Morgan fingerprint density at radius 3 is 2.56 bits per heavy atom. The van der Waals surface area contributed by atoms with Crippen molar-refractivity contribution in [2.45, 2.75) is 25.9 Å². The normalized spacial score (nSPS) is 14.6. The Morgan fingerprint density at radius 2 is 2.00 bits per heavy atom. The summed E-state index contributed by atoms with van der Waals surface area (Å²) in [5, 5.41) is 15.3. The van der Waals surface area contributed by atoms with Gasteiger partial charge in [-0.1, -0.05) is 19.9 Å². The van der Waals surface area contributed by atoms with E-state index >= 15 is 0 Å². The molecule has 0 unspecified atom stereocenters. The second-order valence-corrected chi connectivity index (χ2v) is 4.04. The van der Waals surface area contributed by atoms with Crippen molar-refractivity contribution in [2.24, 2.45) is 0 Å². The zero-order chi connectivity index (χ0) is 11.5. The van der Waals surface area contributed by atoms with Crippen LogP contribution in [0, 0.1) is 11.3 Å². The minimum absolute atomic E-state index is 0.0201. The van der Waals surface area contributed by atoms with Gasteiger partial charge in [0.05, 0.1) is 5.69 Å². The van der Waals surface area contributed by atoms with Crippen LogP contribution in [0.1, 0.15) is 42.9 Å². The zero-order valence-corrected chi connectivity index (χ0v) is 9.36. The number of nitriles is 1. The maximum Gasteiger partial charge on any atom is 0.144 e. The lowest BCUT2D eigenvalue weighted by molar-refractivity contribution is 0.587. The smallest absolute Gasteiger partial charge is 0.144 e. The monoisotopic (exact) mass is 214 g/mol. The predicted octanol–water partition coefficient (Wildman–Crippen LogP) is 1.74. The molecule has 1 aliphatic rings. The molecule has 2 rings (SSSR count). The lowest BCUT2D eigenvalue weighted by atomic mass is 10.0. The van der Waals surface area contributed by atoms with Crippen molar-refractivity contribution in [2.75, 3.05) is 0 Å². The highest BCUT2D eigenvalue weighted by Gasteiger charge is 2.15. The van der Waals surface area contributed by atoms with Gasteiger partial charge in [0.1, 0.15) is 17.9 Å². The minimum atomic E-state index is -0.0201. The molecule has 2 heterocycles. The average Bonchev–Trinajstić information content (AvgIpc) is 2.81. The number of hydrogen-bond donors (Lipinski definition) is 2. The molecule has 2 N–H and O–H groups in total. The Labute approximate surface area is 95.0 Å². The van der Waals surface area contributed by atoms with Crippen LogP contribution in [0.15, 0.2) is 24.5 Å². The van der Waals surface area contributed by atoms with E-state index in [2.05, 4.69) is 35.5 Å². The largest absolute Gasteiger partial charge is 0.365 e. The van der Waals surface area contributed by atoms with E-state index in [1.54, 1.807) is 0 Å². The average molecular weight is 214 g/mol. The van der Waals surface area contributed by atoms with Gasteiger partial charge in [-0.05, 0) is 17.5 Å². The van der Waals surface area contributed by atoms with Crippen LogP contribution in [0.4, 0.5) is 0 Å². The second-order valence-electron chi connectivity index (χ2n) is 4.04. The Morgan fingerprint density at radius 1 is 1.31 bits per heavy atom. The first-order valence-corrected chi connectivity index (χ1v) is 5.30. The Kier molecular flexibility index (Phi) is 2.78. The van der Waals surface area contributed by atoms with Gasteiger partial charge in [0, 0.05) is 12.4 Å². The predicted molar refractivity (Wildman–Crippen MR) is 61.2 cm³/mol. The summed E-state index contributed by atoms with van der Waals surface area (Å²) in [6.07, 6.45) is 3.64.